The fourth-order valence-corrected chi connectivity index (χ4v) is 4.53. The van der Waals surface area contributed by atoms with Crippen LogP contribution in [0.5, 0.6) is 0 Å². The van der Waals surface area contributed by atoms with Gasteiger partial charge in [-0.15, -0.1) is 0 Å². The maximum absolute atomic E-state index is 10.1. The van der Waals surface area contributed by atoms with Crippen molar-refractivity contribution in [1.29, 1.82) is 0 Å². The van der Waals surface area contributed by atoms with Crippen molar-refractivity contribution in [1.82, 2.24) is 10.2 Å². The highest BCUT2D eigenvalue weighted by Crippen LogP contribution is 2.35. The lowest BCUT2D eigenvalue weighted by atomic mass is 9.77. The molecule has 3 aliphatic rings. The molecule has 0 amide bonds. The quantitative estimate of drug-likeness (QED) is 0.830. The summed E-state index contributed by atoms with van der Waals surface area (Å²) in [6.45, 7) is 6.68. The molecule has 116 valence electrons. The summed E-state index contributed by atoms with van der Waals surface area (Å²) in [5.74, 6) is 1.31. The van der Waals surface area contributed by atoms with Crippen LogP contribution in [-0.4, -0.2) is 47.3 Å². The molecule has 3 rings (SSSR count). The summed E-state index contributed by atoms with van der Waals surface area (Å²) in [5, 5.41) is 14.0. The number of rotatable bonds is 4. The monoisotopic (exact) mass is 280 g/mol. The SMILES string of the molecule is CC(O)C1CC(NC2CCCC2)CN(C2CCC2C)C1. The Labute approximate surface area is 124 Å². The number of hydrogen-bond donors (Lipinski definition) is 2. The Bertz CT molecular complexity index is 312. The summed E-state index contributed by atoms with van der Waals surface area (Å²) in [5.41, 5.74) is 0. The van der Waals surface area contributed by atoms with E-state index >= 15 is 0 Å². The van der Waals surface area contributed by atoms with E-state index in [1.54, 1.807) is 0 Å². The lowest BCUT2D eigenvalue weighted by molar-refractivity contribution is -0.0118. The molecule has 0 aromatic rings. The van der Waals surface area contributed by atoms with E-state index in [0.29, 0.717) is 12.0 Å². The zero-order valence-electron chi connectivity index (χ0n) is 13.2. The normalized spacial score (nSPS) is 41.5. The Morgan fingerprint density at radius 3 is 2.35 bits per heavy atom. The molecule has 2 aliphatic carbocycles. The van der Waals surface area contributed by atoms with E-state index in [1.165, 1.54) is 45.1 Å². The molecule has 3 fully saturated rings. The minimum atomic E-state index is -0.166. The summed E-state index contributed by atoms with van der Waals surface area (Å²) < 4.78 is 0. The van der Waals surface area contributed by atoms with Crippen LogP contribution in [0.4, 0.5) is 0 Å². The number of aliphatic hydroxyl groups excluding tert-OH is 1. The summed E-state index contributed by atoms with van der Waals surface area (Å²) in [4.78, 5) is 2.68. The number of nitrogens with one attached hydrogen (secondary N) is 1. The smallest absolute Gasteiger partial charge is 0.0553 e. The van der Waals surface area contributed by atoms with Gasteiger partial charge in [0, 0.05) is 31.2 Å². The van der Waals surface area contributed by atoms with Crippen molar-refractivity contribution < 1.29 is 5.11 Å². The zero-order chi connectivity index (χ0) is 14.1. The average molecular weight is 280 g/mol. The Morgan fingerprint density at radius 1 is 1.05 bits per heavy atom. The van der Waals surface area contributed by atoms with Gasteiger partial charge < -0.3 is 10.4 Å². The van der Waals surface area contributed by atoms with Gasteiger partial charge >= 0.3 is 0 Å². The molecule has 0 aromatic carbocycles. The van der Waals surface area contributed by atoms with E-state index in [1.807, 2.05) is 6.92 Å². The summed E-state index contributed by atoms with van der Waals surface area (Å²) in [7, 11) is 0. The van der Waals surface area contributed by atoms with Crippen LogP contribution >= 0.6 is 0 Å². The third-order valence-corrected chi connectivity index (χ3v) is 6.06. The number of likely N-dealkylation sites (tertiary alicyclic amines) is 1. The molecule has 3 heteroatoms. The maximum Gasteiger partial charge on any atom is 0.0553 e. The molecule has 5 atom stereocenters. The molecular weight excluding hydrogens is 248 g/mol. The molecule has 0 spiro atoms. The molecular formula is C17H32N2O. The topological polar surface area (TPSA) is 35.5 Å². The number of aliphatic hydroxyl groups is 1. The third-order valence-electron chi connectivity index (χ3n) is 6.06. The van der Waals surface area contributed by atoms with Gasteiger partial charge in [0.15, 0.2) is 0 Å². The molecule has 0 aromatic heterocycles. The van der Waals surface area contributed by atoms with Crippen molar-refractivity contribution >= 4 is 0 Å². The van der Waals surface area contributed by atoms with Crippen molar-refractivity contribution in [2.75, 3.05) is 13.1 Å². The molecule has 2 N–H and O–H groups in total. The second-order valence-corrected chi connectivity index (χ2v) is 7.66. The Hall–Kier alpha value is -0.120. The van der Waals surface area contributed by atoms with E-state index in [4.69, 9.17) is 0 Å². The van der Waals surface area contributed by atoms with Gasteiger partial charge in [0.05, 0.1) is 6.10 Å². The van der Waals surface area contributed by atoms with Crippen molar-refractivity contribution in [3.8, 4) is 0 Å². The highest BCUT2D eigenvalue weighted by Gasteiger charge is 2.39. The van der Waals surface area contributed by atoms with Crippen molar-refractivity contribution in [3.63, 3.8) is 0 Å². The van der Waals surface area contributed by atoms with Crippen LogP contribution in [0.15, 0.2) is 0 Å². The second-order valence-electron chi connectivity index (χ2n) is 7.66. The van der Waals surface area contributed by atoms with Gasteiger partial charge in [-0.25, -0.2) is 0 Å². The molecule has 0 radical (unpaired) electrons. The van der Waals surface area contributed by atoms with Crippen LogP contribution < -0.4 is 5.32 Å². The van der Waals surface area contributed by atoms with Gasteiger partial charge in [0.2, 0.25) is 0 Å². The van der Waals surface area contributed by atoms with Crippen LogP contribution in [0.3, 0.4) is 0 Å². The van der Waals surface area contributed by atoms with Crippen LogP contribution in [0, 0.1) is 11.8 Å². The lowest BCUT2D eigenvalue weighted by Gasteiger charge is -2.49. The van der Waals surface area contributed by atoms with Crippen LogP contribution in [0.25, 0.3) is 0 Å². The van der Waals surface area contributed by atoms with E-state index < -0.39 is 0 Å². The van der Waals surface area contributed by atoms with Gasteiger partial charge in [-0.2, -0.15) is 0 Å². The maximum atomic E-state index is 10.1. The zero-order valence-corrected chi connectivity index (χ0v) is 13.2. The first kappa shape index (κ1) is 14.8. The molecule has 5 unspecified atom stereocenters. The molecule has 1 saturated heterocycles. The van der Waals surface area contributed by atoms with Gasteiger partial charge in [-0.3, -0.25) is 4.90 Å². The summed E-state index contributed by atoms with van der Waals surface area (Å²) >= 11 is 0. The van der Waals surface area contributed by atoms with E-state index in [-0.39, 0.29) is 6.10 Å². The predicted octanol–water partition coefficient (Wildman–Crippen LogP) is 2.39. The molecule has 1 heterocycles. The number of nitrogens with zero attached hydrogens (tertiary/aromatic N) is 1. The molecule has 2 saturated carbocycles. The predicted molar refractivity (Wildman–Crippen MR) is 82.7 cm³/mol. The third kappa shape index (κ3) is 3.20. The van der Waals surface area contributed by atoms with E-state index in [9.17, 15) is 5.11 Å². The summed E-state index contributed by atoms with van der Waals surface area (Å²) in [6, 6.07) is 2.12. The molecule has 3 nitrogen and oxygen atoms in total. The number of piperidine rings is 1. The second kappa shape index (κ2) is 6.33. The molecule has 1 aliphatic heterocycles. The lowest BCUT2D eigenvalue weighted by Crippen LogP contribution is -2.58. The standard InChI is InChI=1S/C17H32N2O/c1-12-7-8-17(12)19-10-14(13(2)20)9-16(11-19)18-15-5-3-4-6-15/h12-18,20H,3-11H2,1-2H3. The van der Waals surface area contributed by atoms with Gasteiger partial charge in [0.1, 0.15) is 0 Å². The van der Waals surface area contributed by atoms with E-state index in [0.717, 1.165) is 31.0 Å². The van der Waals surface area contributed by atoms with Crippen molar-refractivity contribution in [3.05, 3.63) is 0 Å². The van der Waals surface area contributed by atoms with Gasteiger partial charge in [0.25, 0.3) is 0 Å². The fraction of sp³-hybridized carbons (Fsp3) is 1.00. The Balaban J connectivity index is 1.60. The fourth-order valence-electron chi connectivity index (χ4n) is 4.53. The van der Waals surface area contributed by atoms with E-state index in [2.05, 4.69) is 17.1 Å². The largest absolute Gasteiger partial charge is 0.393 e. The first-order valence-corrected chi connectivity index (χ1v) is 8.81. The molecule has 20 heavy (non-hydrogen) atoms. The minimum absolute atomic E-state index is 0.166. The first-order chi connectivity index (χ1) is 9.63. The van der Waals surface area contributed by atoms with Gasteiger partial charge in [-0.1, -0.05) is 19.8 Å². The molecule has 0 bridgehead atoms. The minimum Gasteiger partial charge on any atom is -0.393 e. The van der Waals surface area contributed by atoms with Gasteiger partial charge in [-0.05, 0) is 50.9 Å². The van der Waals surface area contributed by atoms with Crippen molar-refractivity contribution in [2.45, 2.75) is 83.0 Å². The number of hydrogen-bond acceptors (Lipinski definition) is 3. The summed E-state index contributed by atoms with van der Waals surface area (Å²) in [6.07, 6.45) is 9.25. The van der Waals surface area contributed by atoms with Crippen LogP contribution in [-0.2, 0) is 0 Å². The highest BCUT2D eigenvalue weighted by molar-refractivity contribution is 4.95. The first-order valence-electron chi connectivity index (χ1n) is 8.81. The van der Waals surface area contributed by atoms with Crippen LogP contribution in [0.2, 0.25) is 0 Å². The Kier molecular flexibility index (Phi) is 4.68. The van der Waals surface area contributed by atoms with Crippen molar-refractivity contribution in [2.24, 2.45) is 11.8 Å². The Morgan fingerprint density at radius 2 is 1.80 bits per heavy atom. The average Bonchev–Trinajstić information content (AvgIpc) is 2.89. The highest BCUT2D eigenvalue weighted by atomic mass is 16.3. The van der Waals surface area contributed by atoms with Crippen LogP contribution in [0.1, 0.15) is 58.8 Å².